The van der Waals surface area contributed by atoms with E-state index in [0.29, 0.717) is 6.61 Å². The lowest BCUT2D eigenvalue weighted by Crippen LogP contribution is -2.13. The van der Waals surface area contributed by atoms with Gasteiger partial charge in [-0.2, -0.15) is 0 Å². The minimum Gasteiger partial charge on any atom is -0.391 e. The predicted octanol–water partition coefficient (Wildman–Crippen LogP) is 4.21. The molecule has 2 aromatic rings. The van der Waals surface area contributed by atoms with E-state index in [1.54, 1.807) is 0 Å². The van der Waals surface area contributed by atoms with Gasteiger partial charge in [-0.05, 0) is 43.2 Å². The molecule has 0 unspecified atom stereocenters. The van der Waals surface area contributed by atoms with E-state index in [1.165, 1.54) is 0 Å². The van der Waals surface area contributed by atoms with Gasteiger partial charge < -0.3 is 10.2 Å². The molecule has 4 nitrogen and oxygen atoms in total. The van der Waals surface area contributed by atoms with Gasteiger partial charge in [0.25, 0.3) is 5.91 Å². The van der Waals surface area contributed by atoms with Crippen LogP contribution < -0.4 is 5.32 Å². The van der Waals surface area contributed by atoms with Crippen LogP contribution >= 0.6 is 15.9 Å². The molecule has 2 rings (SSSR count). The van der Waals surface area contributed by atoms with Crippen LogP contribution in [0.2, 0.25) is 0 Å². The van der Waals surface area contributed by atoms with Crippen molar-refractivity contribution in [3.05, 3.63) is 63.6 Å². The number of aryl methyl sites for hydroxylation is 2. The van der Waals surface area contributed by atoms with Gasteiger partial charge in [-0.25, -0.2) is 0 Å². The molecule has 0 radical (unpaired) electrons. The van der Waals surface area contributed by atoms with Crippen molar-refractivity contribution in [2.24, 2.45) is 5.16 Å². The molecule has 0 aliphatic rings. The summed E-state index contributed by atoms with van der Waals surface area (Å²) in [5.74, 6) is -0.317. The summed E-state index contributed by atoms with van der Waals surface area (Å²) in [6.45, 7) is 4.28. The zero-order valence-electron chi connectivity index (χ0n) is 12.5. The van der Waals surface area contributed by atoms with E-state index in [2.05, 4.69) is 26.4 Å². The molecule has 2 aromatic carbocycles. The summed E-state index contributed by atoms with van der Waals surface area (Å²) >= 11 is 3.36. The van der Waals surface area contributed by atoms with Crippen LogP contribution in [0.1, 0.15) is 16.7 Å². The number of nitrogens with zero attached hydrogens (tertiary/aromatic N) is 1. The minimum atomic E-state index is -0.317. The van der Waals surface area contributed by atoms with E-state index in [0.717, 1.165) is 33.1 Å². The van der Waals surface area contributed by atoms with Crippen molar-refractivity contribution >= 4 is 33.7 Å². The minimum absolute atomic E-state index is 0.317. The highest BCUT2D eigenvalue weighted by Crippen LogP contribution is 2.15. The molecule has 0 aliphatic carbocycles. The van der Waals surface area contributed by atoms with Crippen LogP contribution in [-0.4, -0.2) is 12.1 Å². The largest absolute Gasteiger partial charge is 0.391 e. The first-order valence-electron chi connectivity index (χ1n) is 6.82. The number of halogens is 1. The van der Waals surface area contributed by atoms with Crippen LogP contribution in [0.4, 0.5) is 5.69 Å². The lowest BCUT2D eigenvalue weighted by molar-refractivity contribution is -0.110. The third kappa shape index (κ3) is 5.00. The second-order valence-corrected chi connectivity index (χ2v) is 5.86. The fourth-order valence-electron chi connectivity index (χ4n) is 1.90. The van der Waals surface area contributed by atoms with Gasteiger partial charge in [0.05, 0.1) is 0 Å². The average Bonchev–Trinajstić information content (AvgIpc) is 2.48. The summed E-state index contributed by atoms with van der Waals surface area (Å²) in [4.78, 5) is 16.9. The zero-order chi connectivity index (χ0) is 15.9. The number of oxime groups is 1. The van der Waals surface area contributed by atoms with E-state index in [9.17, 15) is 4.79 Å². The Kier molecular flexibility index (Phi) is 5.72. The Labute approximate surface area is 138 Å². The third-order valence-corrected chi connectivity index (χ3v) is 3.56. The van der Waals surface area contributed by atoms with Crippen molar-refractivity contribution in [1.82, 2.24) is 0 Å². The van der Waals surface area contributed by atoms with Crippen LogP contribution in [0.25, 0.3) is 0 Å². The first-order valence-corrected chi connectivity index (χ1v) is 7.62. The summed E-state index contributed by atoms with van der Waals surface area (Å²) in [7, 11) is 0. The number of nitrogens with one attached hydrogen (secondary N) is 1. The first-order chi connectivity index (χ1) is 10.5. The molecule has 1 N–H and O–H groups in total. The summed E-state index contributed by atoms with van der Waals surface area (Å²) < 4.78 is 1.01. The Morgan fingerprint density at radius 2 is 1.95 bits per heavy atom. The highest BCUT2D eigenvalue weighted by Gasteiger charge is 2.02. The van der Waals surface area contributed by atoms with E-state index in [1.807, 2.05) is 56.3 Å². The van der Waals surface area contributed by atoms with Gasteiger partial charge in [-0.1, -0.05) is 50.9 Å². The van der Waals surface area contributed by atoms with E-state index in [-0.39, 0.29) is 5.91 Å². The van der Waals surface area contributed by atoms with E-state index >= 15 is 0 Å². The molecule has 22 heavy (non-hydrogen) atoms. The monoisotopic (exact) mass is 360 g/mol. The van der Waals surface area contributed by atoms with Gasteiger partial charge in [0.15, 0.2) is 0 Å². The molecular formula is C17H17BrN2O2. The summed E-state index contributed by atoms with van der Waals surface area (Å²) in [6.07, 6.45) is 1.14. The Morgan fingerprint density at radius 3 is 2.64 bits per heavy atom. The van der Waals surface area contributed by atoms with Gasteiger partial charge in [0, 0.05) is 10.2 Å². The van der Waals surface area contributed by atoms with Gasteiger partial charge in [-0.3, -0.25) is 4.79 Å². The number of hydrogen-bond acceptors (Lipinski definition) is 3. The lowest BCUT2D eigenvalue weighted by atomic mass is 10.1. The van der Waals surface area contributed by atoms with Crippen molar-refractivity contribution < 1.29 is 9.63 Å². The van der Waals surface area contributed by atoms with Crippen LogP contribution in [-0.2, 0) is 16.2 Å². The highest BCUT2D eigenvalue weighted by atomic mass is 79.9. The topological polar surface area (TPSA) is 50.7 Å². The van der Waals surface area contributed by atoms with E-state index in [4.69, 9.17) is 4.84 Å². The standard InChI is InChI=1S/C17H17BrN2O2/c1-12-3-8-16(13(2)9-12)20-17(21)10-19-22-11-14-4-6-15(18)7-5-14/h3-10H,11H2,1-2H3,(H,20,21)/b19-10-. The molecule has 0 saturated carbocycles. The van der Waals surface area contributed by atoms with Gasteiger partial charge in [-0.15, -0.1) is 0 Å². The molecule has 0 fully saturated rings. The van der Waals surface area contributed by atoms with Crippen LogP contribution in [0, 0.1) is 13.8 Å². The smallest absolute Gasteiger partial charge is 0.270 e. The maximum atomic E-state index is 11.8. The van der Waals surface area contributed by atoms with Crippen molar-refractivity contribution in [3.8, 4) is 0 Å². The van der Waals surface area contributed by atoms with Crippen LogP contribution in [0.15, 0.2) is 52.1 Å². The number of hydrogen-bond donors (Lipinski definition) is 1. The molecule has 0 heterocycles. The summed E-state index contributed by atoms with van der Waals surface area (Å²) in [6, 6.07) is 13.5. The number of carbonyl (C=O) groups excluding carboxylic acids is 1. The van der Waals surface area contributed by atoms with Crippen molar-refractivity contribution in [2.75, 3.05) is 5.32 Å². The Morgan fingerprint density at radius 1 is 1.23 bits per heavy atom. The average molecular weight is 361 g/mol. The number of amides is 1. The second kappa shape index (κ2) is 7.75. The first kappa shape index (κ1) is 16.2. The second-order valence-electron chi connectivity index (χ2n) is 4.94. The van der Waals surface area contributed by atoms with Crippen molar-refractivity contribution in [2.45, 2.75) is 20.5 Å². The lowest BCUT2D eigenvalue weighted by Gasteiger charge is -2.06. The van der Waals surface area contributed by atoms with Crippen molar-refractivity contribution in [3.63, 3.8) is 0 Å². The Balaban J connectivity index is 1.82. The Hall–Kier alpha value is -2.14. The summed E-state index contributed by atoms with van der Waals surface area (Å²) in [5.41, 5.74) is 3.92. The molecule has 0 spiro atoms. The molecule has 0 bridgehead atoms. The van der Waals surface area contributed by atoms with E-state index < -0.39 is 0 Å². The molecule has 0 saturated heterocycles. The van der Waals surface area contributed by atoms with Gasteiger partial charge in [0.2, 0.25) is 0 Å². The maximum Gasteiger partial charge on any atom is 0.270 e. The molecule has 0 aromatic heterocycles. The molecule has 114 valence electrons. The number of rotatable bonds is 5. The zero-order valence-corrected chi connectivity index (χ0v) is 14.1. The molecule has 5 heteroatoms. The maximum absolute atomic E-state index is 11.8. The predicted molar refractivity (Wildman–Crippen MR) is 92.0 cm³/mol. The van der Waals surface area contributed by atoms with Crippen molar-refractivity contribution in [1.29, 1.82) is 0 Å². The SMILES string of the molecule is Cc1ccc(NC(=O)/C=N\OCc2ccc(Br)cc2)c(C)c1. The third-order valence-electron chi connectivity index (χ3n) is 3.03. The van der Waals surface area contributed by atoms with Crippen LogP contribution in [0.3, 0.4) is 0 Å². The fourth-order valence-corrected chi connectivity index (χ4v) is 2.16. The number of benzene rings is 2. The highest BCUT2D eigenvalue weighted by molar-refractivity contribution is 9.10. The molecule has 0 atom stereocenters. The Bertz CT molecular complexity index is 682. The quantitative estimate of drug-likeness (QED) is 0.641. The van der Waals surface area contributed by atoms with Gasteiger partial charge in [0.1, 0.15) is 12.8 Å². The molecule has 1 amide bonds. The fraction of sp³-hybridized carbons (Fsp3) is 0.176. The number of carbonyl (C=O) groups is 1. The summed E-state index contributed by atoms with van der Waals surface area (Å²) in [5, 5.41) is 6.45. The normalized spacial score (nSPS) is 10.7. The van der Waals surface area contributed by atoms with Gasteiger partial charge >= 0.3 is 0 Å². The number of anilines is 1. The molecule has 0 aliphatic heterocycles. The van der Waals surface area contributed by atoms with Crippen LogP contribution in [0.5, 0.6) is 0 Å². The molecular weight excluding hydrogens is 344 g/mol.